The van der Waals surface area contributed by atoms with Crippen LogP contribution in [0.25, 0.3) is 5.52 Å². The highest BCUT2D eigenvalue weighted by atomic mass is 16.4. The number of carbonyl (C=O) groups is 1. The lowest BCUT2D eigenvalue weighted by Gasteiger charge is -2.02. The van der Waals surface area contributed by atoms with Gasteiger partial charge in [-0.3, -0.25) is 4.40 Å². The van der Waals surface area contributed by atoms with Crippen molar-refractivity contribution in [2.75, 3.05) is 12.3 Å². The fraction of sp³-hybridized carbons (Fsp3) is 0.200. The van der Waals surface area contributed by atoms with E-state index in [1.165, 1.54) is 0 Å². The Labute approximate surface area is 91.5 Å². The van der Waals surface area contributed by atoms with Crippen LogP contribution >= 0.6 is 0 Å². The van der Waals surface area contributed by atoms with Gasteiger partial charge in [-0.15, -0.1) is 0 Å². The molecule has 0 fully saturated rings. The highest BCUT2D eigenvalue weighted by Gasteiger charge is 2.16. The summed E-state index contributed by atoms with van der Waals surface area (Å²) in [6.07, 6.45) is 0.489. The molecule has 0 unspecified atom stereocenters. The minimum atomic E-state index is -1.06. The quantitative estimate of drug-likeness (QED) is 0.680. The Balaban J connectivity index is 2.76. The van der Waals surface area contributed by atoms with Gasteiger partial charge in [0.1, 0.15) is 11.6 Å². The second kappa shape index (κ2) is 3.82. The Morgan fingerprint density at radius 1 is 1.50 bits per heavy atom. The summed E-state index contributed by atoms with van der Waals surface area (Å²) < 4.78 is 1.62. The zero-order chi connectivity index (χ0) is 11.7. The van der Waals surface area contributed by atoms with Gasteiger partial charge in [-0.2, -0.15) is 0 Å². The smallest absolute Gasteiger partial charge is 0.356 e. The lowest BCUT2D eigenvalue weighted by atomic mass is 10.3. The molecule has 0 aliphatic carbocycles. The maximum absolute atomic E-state index is 11.0. The zero-order valence-electron chi connectivity index (χ0n) is 8.55. The Bertz CT molecular complexity index is 547. The van der Waals surface area contributed by atoms with Crippen molar-refractivity contribution in [1.29, 1.82) is 0 Å². The first-order valence-electron chi connectivity index (χ1n) is 4.84. The fourth-order valence-corrected chi connectivity index (χ4v) is 1.69. The SMILES string of the molecule is NCCc1nc(C(=O)O)c2cccc(N)n12. The minimum absolute atomic E-state index is 0.00995. The van der Waals surface area contributed by atoms with E-state index in [1.54, 1.807) is 22.6 Å². The van der Waals surface area contributed by atoms with E-state index in [2.05, 4.69) is 4.98 Å². The molecule has 2 heterocycles. The van der Waals surface area contributed by atoms with Gasteiger partial charge in [0.05, 0.1) is 5.52 Å². The van der Waals surface area contributed by atoms with Gasteiger partial charge in [-0.05, 0) is 18.7 Å². The summed E-state index contributed by atoms with van der Waals surface area (Å²) in [5.74, 6) is -0.0275. The van der Waals surface area contributed by atoms with E-state index >= 15 is 0 Å². The number of rotatable bonds is 3. The molecule has 0 aromatic carbocycles. The number of nitrogen functional groups attached to an aromatic ring is 1. The van der Waals surface area contributed by atoms with Gasteiger partial charge < -0.3 is 16.6 Å². The number of carboxylic acid groups (broad SMARTS) is 1. The zero-order valence-corrected chi connectivity index (χ0v) is 8.55. The fourth-order valence-electron chi connectivity index (χ4n) is 1.69. The minimum Gasteiger partial charge on any atom is -0.476 e. The van der Waals surface area contributed by atoms with Crippen LogP contribution in [0, 0.1) is 0 Å². The maximum Gasteiger partial charge on any atom is 0.356 e. The molecule has 6 heteroatoms. The van der Waals surface area contributed by atoms with Gasteiger partial charge in [-0.1, -0.05) is 6.07 Å². The molecule has 0 saturated heterocycles. The average molecular weight is 220 g/mol. The second-order valence-electron chi connectivity index (χ2n) is 3.39. The van der Waals surface area contributed by atoms with Gasteiger partial charge in [0.2, 0.25) is 0 Å². The number of nitrogens with zero attached hydrogens (tertiary/aromatic N) is 2. The van der Waals surface area contributed by atoms with Crippen molar-refractivity contribution in [3.05, 3.63) is 29.7 Å². The Morgan fingerprint density at radius 2 is 2.25 bits per heavy atom. The second-order valence-corrected chi connectivity index (χ2v) is 3.39. The third kappa shape index (κ3) is 1.49. The number of anilines is 1. The van der Waals surface area contributed by atoms with Gasteiger partial charge >= 0.3 is 5.97 Å². The molecular formula is C10H12N4O2. The lowest BCUT2D eigenvalue weighted by Crippen LogP contribution is -2.08. The number of carboxylic acids is 1. The molecule has 5 N–H and O–H groups in total. The molecule has 0 spiro atoms. The molecule has 84 valence electrons. The van der Waals surface area contributed by atoms with Crippen LogP contribution in [-0.2, 0) is 6.42 Å². The first kappa shape index (κ1) is 10.4. The predicted octanol–water partition coefficient (Wildman–Crippen LogP) is 0.116. The first-order chi connectivity index (χ1) is 7.65. The first-order valence-corrected chi connectivity index (χ1v) is 4.84. The van der Waals surface area contributed by atoms with E-state index in [0.29, 0.717) is 30.1 Å². The van der Waals surface area contributed by atoms with E-state index < -0.39 is 5.97 Å². The van der Waals surface area contributed by atoms with Gasteiger partial charge in [0.15, 0.2) is 5.69 Å². The predicted molar refractivity (Wildman–Crippen MR) is 59.3 cm³/mol. The third-order valence-corrected chi connectivity index (χ3v) is 2.33. The van der Waals surface area contributed by atoms with Crippen LogP contribution in [0.5, 0.6) is 0 Å². The van der Waals surface area contributed by atoms with Crippen LogP contribution in [0.3, 0.4) is 0 Å². The molecule has 16 heavy (non-hydrogen) atoms. The number of imidazole rings is 1. The number of aromatic nitrogens is 2. The highest BCUT2D eigenvalue weighted by Crippen LogP contribution is 2.17. The van der Waals surface area contributed by atoms with Crippen molar-refractivity contribution in [3.63, 3.8) is 0 Å². The molecule has 0 aliphatic heterocycles. The molecule has 0 aliphatic rings. The van der Waals surface area contributed by atoms with Crippen LogP contribution in [0.2, 0.25) is 0 Å². The van der Waals surface area contributed by atoms with Crippen molar-refractivity contribution in [3.8, 4) is 0 Å². The van der Waals surface area contributed by atoms with Crippen molar-refractivity contribution in [2.45, 2.75) is 6.42 Å². The molecule has 0 bridgehead atoms. The summed E-state index contributed by atoms with van der Waals surface area (Å²) in [6, 6.07) is 5.07. The summed E-state index contributed by atoms with van der Waals surface area (Å²) in [5, 5.41) is 9.01. The molecular weight excluding hydrogens is 208 g/mol. The number of hydrogen-bond acceptors (Lipinski definition) is 4. The van der Waals surface area contributed by atoms with Crippen LogP contribution in [-0.4, -0.2) is 27.0 Å². The van der Waals surface area contributed by atoms with Gasteiger partial charge in [-0.25, -0.2) is 9.78 Å². The third-order valence-electron chi connectivity index (χ3n) is 2.33. The number of hydrogen-bond donors (Lipinski definition) is 3. The summed E-state index contributed by atoms with van der Waals surface area (Å²) in [6.45, 7) is 0.395. The molecule has 0 amide bonds. The summed E-state index contributed by atoms with van der Waals surface area (Å²) in [5.41, 5.74) is 11.7. The normalized spacial score (nSPS) is 10.8. The van der Waals surface area contributed by atoms with Crippen molar-refractivity contribution in [2.24, 2.45) is 5.73 Å². The summed E-state index contributed by atoms with van der Waals surface area (Å²) in [4.78, 5) is 15.0. The molecule has 2 rings (SSSR count). The summed E-state index contributed by atoms with van der Waals surface area (Å²) in [7, 11) is 0. The van der Waals surface area contributed by atoms with Crippen LogP contribution in [0.4, 0.5) is 5.82 Å². The largest absolute Gasteiger partial charge is 0.476 e. The van der Waals surface area contributed by atoms with Crippen molar-refractivity contribution in [1.82, 2.24) is 9.38 Å². The lowest BCUT2D eigenvalue weighted by molar-refractivity contribution is 0.0693. The Hall–Kier alpha value is -2.08. The number of aromatic carboxylic acids is 1. The van der Waals surface area contributed by atoms with E-state index in [4.69, 9.17) is 16.6 Å². The molecule has 2 aromatic rings. The maximum atomic E-state index is 11.0. The molecule has 0 atom stereocenters. The van der Waals surface area contributed by atoms with E-state index in [-0.39, 0.29) is 5.69 Å². The Kier molecular flexibility index (Phi) is 2.49. The van der Waals surface area contributed by atoms with E-state index in [0.717, 1.165) is 0 Å². The average Bonchev–Trinajstić information content (AvgIpc) is 2.59. The van der Waals surface area contributed by atoms with Crippen LogP contribution in [0.15, 0.2) is 18.2 Å². The topological polar surface area (TPSA) is 107 Å². The number of nitrogens with two attached hydrogens (primary N) is 2. The van der Waals surface area contributed by atoms with Crippen LogP contribution < -0.4 is 11.5 Å². The van der Waals surface area contributed by atoms with E-state index in [9.17, 15) is 4.79 Å². The van der Waals surface area contributed by atoms with Gasteiger partial charge in [0.25, 0.3) is 0 Å². The van der Waals surface area contributed by atoms with E-state index in [1.807, 2.05) is 0 Å². The van der Waals surface area contributed by atoms with Crippen molar-refractivity contribution < 1.29 is 9.90 Å². The monoisotopic (exact) mass is 220 g/mol. The van der Waals surface area contributed by atoms with Crippen LogP contribution in [0.1, 0.15) is 16.3 Å². The number of fused-ring (bicyclic) bond motifs is 1. The standard InChI is InChI=1S/C10H12N4O2/c11-5-4-8-13-9(10(15)16)6-2-1-3-7(12)14(6)8/h1-3H,4-5,11-12H2,(H,15,16). The highest BCUT2D eigenvalue weighted by molar-refractivity contribution is 5.94. The molecule has 0 radical (unpaired) electrons. The molecule has 0 saturated carbocycles. The number of pyridine rings is 1. The van der Waals surface area contributed by atoms with Crippen molar-refractivity contribution >= 4 is 17.3 Å². The molecule has 6 nitrogen and oxygen atoms in total. The molecule has 2 aromatic heterocycles. The summed E-state index contributed by atoms with van der Waals surface area (Å²) >= 11 is 0. The Morgan fingerprint density at radius 3 is 2.88 bits per heavy atom. The van der Waals surface area contributed by atoms with Gasteiger partial charge in [0, 0.05) is 6.42 Å².